The van der Waals surface area contributed by atoms with Crippen molar-refractivity contribution in [1.82, 2.24) is 0 Å². The molecule has 0 aliphatic rings. The molecule has 11 heavy (non-hydrogen) atoms. The van der Waals surface area contributed by atoms with Crippen LogP contribution in [0.5, 0.6) is 0 Å². The summed E-state index contributed by atoms with van der Waals surface area (Å²) in [5, 5.41) is 9.15. The van der Waals surface area contributed by atoms with Crippen molar-refractivity contribution in [2.24, 2.45) is 0 Å². The van der Waals surface area contributed by atoms with Crippen molar-refractivity contribution in [3.63, 3.8) is 0 Å². The van der Waals surface area contributed by atoms with Crippen LogP contribution in [-0.4, -0.2) is 5.11 Å². The summed E-state index contributed by atoms with van der Waals surface area (Å²) in [4.78, 5) is 0. The minimum atomic E-state index is -1.11. The standard InChI is InChI=1S/C8H7ClFO/c1-5(11)8-6(9)3-2-4-7(8)10/h2-5,11H,1H2. The van der Waals surface area contributed by atoms with Crippen molar-refractivity contribution in [3.8, 4) is 0 Å². The van der Waals surface area contributed by atoms with Gasteiger partial charge in [-0.05, 0) is 19.1 Å². The van der Waals surface area contributed by atoms with Crippen LogP contribution in [0.25, 0.3) is 0 Å². The average Bonchev–Trinajstić information content (AvgIpc) is 1.85. The van der Waals surface area contributed by atoms with E-state index in [1.807, 2.05) is 0 Å². The van der Waals surface area contributed by atoms with Gasteiger partial charge >= 0.3 is 0 Å². The monoisotopic (exact) mass is 173 g/mol. The Bertz CT molecular complexity index is 240. The van der Waals surface area contributed by atoms with Crippen LogP contribution in [0.15, 0.2) is 18.2 Å². The maximum atomic E-state index is 12.8. The first-order valence-electron chi connectivity index (χ1n) is 3.08. The summed E-state index contributed by atoms with van der Waals surface area (Å²) in [7, 11) is 0. The SMILES string of the molecule is [CH2]C(O)c1c(F)cccc1Cl. The number of aliphatic hydroxyl groups is 1. The molecule has 1 nitrogen and oxygen atoms in total. The predicted octanol–water partition coefficient (Wildman–Crippen LogP) is 2.35. The molecule has 1 aromatic rings. The van der Waals surface area contributed by atoms with E-state index in [1.165, 1.54) is 18.2 Å². The molecule has 0 fully saturated rings. The predicted molar refractivity (Wildman–Crippen MR) is 41.7 cm³/mol. The van der Waals surface area contributed by atoms with Crippen LogP contribution in [-0.2, 0) is 0 Å². The number of hydrogen-bond donors (Lipinski definition) is 1. The molecule has 0 aliphatic heterocycles. The van der Waals surface area contributed by atoms with E-state index in [0.717, 1.165) is 0 Å². The summed E-state index contributed by atoms with van der Waals surface area (Å²) in [5.41, 5.74) is 0.0502. The zero-order chi connectivity index (χ0) is 8.43. The van der Waals surface area contributed by atoms with Crippen LogP contribution >= 0.6 is 11.6 Å². The molecule has 0 aromatic heterocycles. The second kappa shape index (κ2) is 3.20. The van der Waals surface area contributed by atoms with Gasteiger partial charge in [0.25, 0.3) is 0 Å². The molecule has 1 unspecified atom stereocenters. The van der Waals surface area contributed by atoms with E-state index in [1.54, 1.807) is 0 Å². The lowest BCUT2D eigenvalue weighted by atomic mass is 10.1. The lowest BCUT2D eigenvalue weighted by Gasteiger charge is -2.06. The van der Waals surface area contributed by atoms with Crippen LogP contribution < -0.4 is 0 Å². The molecule has 1 aromatic carbocycles. The fourth-order valence-electron chi connectivity index (χ4n) is 0.829. The lowest BCUT2D eigenvalue weighted by Crippen LogP contribution is -1.96. The number of halogens is 2. The molecule has 1 N–H and O–H groups in total. The van der Waals surface area contributed by atoms with Gasteiger partial charge in [-0.15, -0.1) is 0 Å². The normalized spacial score (nSPS) is 13.1. The highest BCUT2D eigenvalue weighted by atomic mass is 35.5. The molecular weight excluding hydrogens is 167 g/mol. The van der Waals surface area contributed by atoms with Crippen LogP contribution in [0.1, 0.15) is 11.7 Å². The average molecular weight is 174 g/mol. The summed E-state index contributed by atoms with van der Waals surface area (Å²) >= 11 is 5.58. The molecule has 0 spiro atoms. The van der Waals surface area contributed by atoms with Crippen molar-refractivity contribution >= 4 is 11.6 Å². The highest BCUT2D eigenvalue weighted by Crippen LogP contribution is 2.24. The minimum Gasteiger partial charge on any atom is -0.388 e. The minimum absolute atomic E-state index is 0.0502. The Kier molecular flexibility index (Phi) is 2.47. The third kappa shape index (κ3) is 1.70. The van der Waals surface area contributed by atoms with Crippen molar-refractivity contribution in [2.45, 2.75) is 6.10 Å². The maximum Gasteiger partial charge on any atom is 0.130 e. The largest absolute Gasteiger partial charge is 0.388 e. The molecule has 1 atom stereocenters. The van der Waals surface area contributed by atoms with Crippen molar-refractivity contribution < 1.29 is 9.50 Å². The van der Waals surface area contributed by atoms with E-state index in [-0.39, 0.29) is 10.6 Å². The summed E-state index contributed by atoms with van der Waals surface area (Å²) in [6, 6.07) is 4.22. The molecule has 0 saturated carbocycles. The van der Waals surface area contributed by atoms with Gasteiger partial charge < -0.3 is 5.11 Å². The van der Waals surface area contributed by atoms with Crippen LogP contribution in [0.3, 0.4) is 0 Å². The summed E-state index contributed by atoms with van der Waals surface area (Å²) in [6.07, 6.45) is -1.11. The van der Waals surface area contributed by atoms with Crippen molar-refractivity contribution in [1.29, 1.82) is 0 Å². The second-order valence-electron chi connectivity index (χ2n) is 2.15. The number of rotatable bonds is 1. The Morgan fingerprint density at radius 3 is 2.55 bits per heavy atom. The van der Waals surface area contributed by atoms with E-state index in [0.29, 0.717) is 0 Å². The highest BCUT2D eigenvalue weighted by molar-refractivity contribution is 6.31. The highest BCUT2D eigenvalue weighted by Gasteiger charge is 2.10. The van der Waals surface area contributed by atoms with Crippen LogP contribution in [0, 0.1) is 12.7 Å². The zero-order valence-corrected chi connectivity index (χ0v) is 6.48. The maximum absolute atomic E-state index is 12.8. The molecule has 1 rings (SSSR count). The number of hydrogen-bond acceptors (Lipinski definition) is 1. The summed E-state index contributed by atoms with van der Waals surface area (Å²) in [6.45, 7) is 3.26. The van der Waals surface area contributed by atoms with Gasteiger partial charge in [-0.1, -0.05) is 17.7 Å². The third-order valence-electron chi connectivity index (χ3n) is 1.33. The molecule has 1 radical (unpaired) electrons. The van der Waals surface area contributed by atoms with Gasteiger partial charge in [-0.2, -0.15) is 0 Å². The molecule has 59 valence electrons. The number of aliphatic hydroxyl groups excluding tert-OH is 1. The summed E-state index contributed by atoms with van der Waals surface area (Å²) < 4.78 is 12.8. The number of benzene rings is 1. The van der Waals surface area contributed by atoms with Gasteiger partial charge in [0.05, 0.1) is 6.10 Å². The first kappa shape index (κ1) is 8.50. The summed E-state index contributed by atoms with van der Waals surface area (Å²) in [5.74, 6) is -0.528. The van der Waals surface area contributed by atoms with Crippen LogP contribution in [0.4, 0.5) is 4.39 Å². The molecule has 0 saturated heterocycles. The van der Waals surface area contributed by atoms with E-state index in [4.69, 9.17) is 16.7 Å². The van der Waals surface area contributed by atoms with Gasteiger partial charge in [0.2, 0.25) is 0 Å². The first-order chi connectivity index (χ1) is 5.13. The van der Waals surface area contributed by atoms with E-state index in [2.05, 4.69) is 6.92 Å². The van der Waals surface area contributed by atoms with Gasteiger partial charge in [0, 0.05) is 10.6 Å². The van der Waals surface area contributed by atoms with E-state index in [9.17, 15) is 4.39 Å². The Morgan fingerprint density at radius 1 is 1.55 bits per heavy atom. The topological polar surface area (TPSA) is 20.2 Å². The smallest absolute Gasteiger partial charge is 0.130 e. The molecule has 0 heterocycles. The fraction of sp³-hybridized carbons (Fsp3) is 0.125. The molecule has 0 aliphatic carbocycles. The van der Waals surface area contributed by atoms with E-state index < -0.39 is 11.9 Å². The third-order valence-corrected chi connectivity index (χ3v) is 1.66. The van der Waals surface area contributed by atoms with E-state index >= 15 is 0 Å². The van der Waals surface area contributed by atoms with Crippen molar-refractivity contribution in [3.05, 3.63) is 41.5 Å². The quantitative estimate of drug-likeness (QED) is 0.691. The molecule has 3 heteroatoms. The molecule has 0 bridgehead atoms. The van der Waals surface area contributed by atoms with Crippen molar-refractivity contribution in [2.75, 3.05) is 0 Å². The Balaban J connectivity index is 3.21. The second-order valence-corrected chi connectivity index (χ2v) is 2.56. The Hall–Kier alpha value is -0.600. The Morgan fingerprint density at radius 2 is 2.18 bits per heavy atom. The lowest BCUT2D eigenvalue weighted by molar-refractivity contribution is 0.220. The van der Waals surface area contributed by atoms with Crippen LogP contribution in [0.2, 0.25) is 5.02 Å². The molecular formula is C8H7ClFO. The Labute approximate surface area is 69.4 Å². The molecule has 0 amide bonds. The van der Waals surface area contributed by atoms with Gasteiger partial charge in [-0.25, -0.2) is 4.39 Å². The van der Waals surface area contributed by atoms with Gasteiger partial charge in [0.1, 0.15) is 5.82 Å². The fourth-order valence-corrected chi connectivity index (χ4v) is 1.12. The van der Waals surface area contributed by atoms with Gasteiger partial charge in [-0.3, -0.25) is 0 Å². The first-order valence-corrected chi connectivity index (χ1v) is 3.46. The van der Waals surface area contributed by atoms with Gasteiger partial charge in [0.15, 0.2) is 0 Å². The zero-order valence-electron chi connectivity index (χ0n) is 5.72.